The Morgan fingerprint density at radius 1 is 1.00 bits per heavy atom. The summed E-state index contributed by atoms with van der Waals surface area (Å²) in [5.41, 5.74) is 2.35. The highest BCUT2D eigenvalue weighted by atomic mass is 16.5. The second-order valence-electron chi connectivity index (χ2n) is 5.10. The molecule has 0 radical (unpaired) electrons. The van der Waals surface area contributed by atoms with E-state index in [0.717, 1.165) is 5.56 Å². The summed E-state index contributed by atoms with van der Waals surface area (Å²) in [6.45, 7) is 0. The average molecular weight is 310 g/mol. The number of esters is 1. The number of methoxy groups -OCH3 is 1. The van der Waals surface area contributed by atoms with Crippen LogP contribution < -0.4 is 5.69 Å². The van der Waals surface area contributed by atoms with Crippen LogP contribution in [0.3, 0.4) is 0 Å². The van der Waals surface area contributed by atoms with E-state index in [1.807, 2.05) is 0 Å². The van der Waals surface area contributed by atoms with Crippen molar-refractivity contribution in [1.82, 2.24) is 9.97 Å². The summed E-state index contributed by atoms with van der Waals surface area (Å²) < 4.78 is 4.70. The van der Waals surface area contributed by atoms with Crippen LogP contribution in [-0.4, -0.2) is 28.8 Å². The molecule has 0 spiro atoms. The van der Waals surface area contributed by atoms with Gasteiger partial charge >= 0.3 is 11.7 Å². The molecule has 2 N–H and O–H groups in total. The fourth-order valence-electron chi connectivity index (χ4n) is 2.48. The molecule has 0 aliphatic rings. The van der Waals surface area contributed by atoms with Crippen molar-refractivity contribution in [1.29, 1.82) is 0 Å². The predicted octanol–water partition coefficient (Wildman–Crippen LogP) is 2.07. The molecule has 0 atom stereocenters. The fraction of sp³-hybridized carbons (Fsp3) is 0.118. The first-order chi connectivity index (χ1) is 11.1. The van der Waals surface area contributed by atoms with Gasteiger partial charge < -0.3 is 14.7 Å². The number of fused-ring (bicyclic) bond motifs is 1. The first-order valence-electron chi connectivity index (χ1n) is 7.00. The molecule has 0 amide bonds. The van der Waals surface area contributed by atoms with Crippen LogP contribution in [0.2, 0.25) is 0 Å². The van der Waals surface area contributed by atoms with Crippen LogP contribution in [-0.2, 0) is 11.2 Å². The minimum absolute atomic E-state index is 0.122. The summed E-state index contributed by atoms with van der Waals surface area (Å²) in [6.07, 6.45) is 0.122. The first kappa shape index (κ1) is 14.8. The molecule has 0 aliphatic carbocycles. The number of imidazole rings is 1. The molecule has 0 fully saturated rings. The summed E-state index contributed by atoms with van der Waals surface area (Å²) in [5.74, 6) is -0.734. The Labute approximate surface area is 131 Å². The van der Waals surface area contributed by atoms with Crippen molar-refractivity contribution in [3.63, 3.8) is 0 Å². The average Bonchev–Trinajstić information content (AvgIpc) is 2.93. The van der Waals surface area contributed by atoms with E-state index >= 15 is 0 Å². The number of hydrogen-bond donors (Lipinski definition) is 2. The molecule has 2 aromatic carbocycles. The van der Waals surface area contributed by atoms with Gasteiger partial charge in [-0.05, 0) is 23.8 Å². The van der Waals surface area contributed by atoms with Crippen LogP contribution in [0.5, 0.6) is 0 Å². The molecule has 0 saturated carbocycles. The van der Waals surface area contributed by atoms with E-state index in [1.165, 1.54) is 7.11 Å². The van der Waals surface area contributed by atoms with Crippen LogP contribution in [0, 0.1) is 0 Å². The Bertz CT molecular complexity index is 952. The number of aromatic amines is 2. The lowest BCUT2D eigenvalue weighted by Crippen LogP contribution is -2.12. The Hall–Kier alpha value is -3.15. The van der Waals surface area contributed by atoms with Gasteiger partial charge in [-0.2, -0.15) is 0 Å². The maximum Gasteiger partial charge on any atom is 0.338 e. The lowest BCUT2D eigenvalue weighted by molar-refractivity contribution is 0.0597. The standard InChI is InChI=1S/C17H14N2O4/c1-23-16(21)12-5-3-2-4-11(12)15(20)9-10-6-7-13-14(8-10)19-17(22)18-13/h2-8H,9H2,1H3,(H2,18,19,22). The minimum atomic E-state index is -0.542. The Balaban J connectivity index is 1.91. The zero-order valence-electron chi connectivity index (χ0n) is 12.4. The Morgan fingerprint density at radius 3 is 2.43 bits per heavy atom. The number of ketones is 1. The predicted molar refractivity (Wildman–Crippen MR) is 84.7 cm³/mol. The third kappa shape index (κ3) is 2.91. The third-order valence-corrected chi connectivity index (χ3v) is 3.58. The van der Waals surface area contributed by atoms with E-state index in [2.05, 4.69) is 9.97 Å². The van der Waals surface area contributed by atoms with Crippen molar-refractivity contribution in [2.75, 3.05) is 7.11 Å². The zero-order valence-corrected chi connectivity index (χ0v) is 12.4. The number of carbonyl (C=O) groups is 2. The molecular weight excluding hydrogens is 296 g/mol. The van der Waals surface area contributed by atoms with Crippen molar-refractivity contribution in [2.24, 2.45) is 0 Å². The van der Waals surface area contributed by atoms with Crippen LogP contribution >= 0.6 is 0 Å². The molecule has 0 saturated heterocycles. The number of H-pyrrole nitrogens is 2. The lowest BCUT2D eigenvalue weighted by atomic mass is 9.98. The summed E-state index contributed by atoms with van der Waals surface area (Å²) >= 11 is 0. The summed E-state index contributed by atoms with van der Waals surface area (Å²) in [4.78, 5) is 40.8. The van der Waals surface area contributed by atoms with E-state index in [-0.39, 0.29) is 23.5 Å². The van der Waals surface area contributed by atoms with Crippen molar-refractivity contribution in [3.05, 3.63) is 69.6 Å². The van der Waals surface area contributed by atoms with Gasteiger partial charge in [0.25, 0.3) is 0 Å². The van der Waals surface area contributed by atoms with E-state index in [9.17, 15) is 14.4 Å². The molecular formula is C17H14N2O4. The van der Waals surface area contributed by atoms with Crippen LogP contribution in [0.4, 0.5) is 0 Å². The van der Waals surface area contributed by atoms with Crippen molar-refractivity contribution < 1.29 is 14.3 Å². The number of nitrogens with one attached hydrogen (secondary N) is 2. The highest BCUT2D eigenvalue weighted by Crippen LogP contribution is 2.16. The third-order valence-electron chi connectivity index (χ3n) is 3.58. The van der Waals surface area contributed by atoms with Gasteiger partial charge in [0.2, 0.25) is 0 Å². The molecule has 1 aromatic heterocycles. The fourth-order valence-corrected chi connectivity index (χ4v) is 2.48. The second kappa shape index (κ2) is 5.92. The lowest BCUT2D eigenvalue weighted by Gasteiger charge is -2.07. The highest BCUT2D eigenvalue weighted by molar-refractivity contribution is 6.07. The number of rotatable bonds is 4. The van der Waals surface area contributed by atoms with Crippen molar-refractivity contribution in [2.45, 2.75) is 6.42 Å². The largest absolute Gasteiger partial charge is 0.465 e. The van der Waals surface area contributed by atoms with E-state index in [0.29, 0.717) is 16.6 Å². The number of carbonyl (C=O) groups excluding carboxylic acids is 2. The van der Waals surface area contributed by atoms with Crippen molar-refractivity contribution in [3.8, 4) is 0 Å². The van der Waals surface area contributed by atoms with Gasteiger partial charge in [0.05, 0.1) is 23.7 Å². The van der Waals surface area contributed by atoms with Gasteiger partial charge in [-0.15, -0.1) is 0 Å². The van der Waals surface area contributed by atoms with Gasteiger partial charge in [0, 0.05) is 12.0 Å². The number of Topliss-reactive ketones (excluding diaryl/α,β-unsaturated/α-hetero) is 1. The highest BCUT2D eigenvalue weighted by Gasteiger charge is 2.17. The van der Waals surface area contributed by atoms with Gasteiger partial charge in [-0.3, -0.25) is 4.79 Å². The molecule has 6 nitrogen and oxygen atoms in total. The maximum absolute atomic E-state index is 12.5. The molecule has 0 unspecified atom stereocenters. The maximum atomic E-state index is 12.5. The van der Waals surface area contributed by atoms with Gasteiger partial charge in [0.1, 0.15) is 0 Å². The SMILES string of the molecule is COC(=O)c1ccccc1C(=O)Cc1ccc2[nH]c(=O)[nH]c2c1. The summed E-state index contributed by atoms with van der Waals surface area (Å²) in [6, 6.07) is 11.8. The number of hydrogen-bond acceptors (Lipinski definition) is 4. The first-order valence-corrected chi connectivity index (χ1v) is 7.00. The smallest absolute Gasteiger partial charge is 0.338 e. The van der Waals surface area contributed by atoms with Crippen molar-refractivity contribution >= 4 is 22.8 Å². The van der Waals surface area contributed by atoms with Crippen LogP contribution in [0.1, 0.15) is 26.3 Å². The summed E-state index contributed by atoms with van der Waals surface area (Å²) in [5, 5.41) is 0. The van der Waals surface area contributed by atoms with E-state index in [1.54, 1.807) is 42.5 Å². The molecule has 0 bridgehead atoms. The Kier molecular flexibility index (Phi) is 3.80. The molecule has 1 heterocycles. The quantitative estimate of drug-likeness (QED) is 0.570. The molecule has 23 heavy (non-hydrogen) atoms. The van der Waals surface area contributed by atoms with Gasteiger partial charge in [-0.25, -0.2) is 9.59 Å². The zero-order chi connectivity index (χ0) is 16.4. The molecule has 3 aromatic rings. The molecule has 6 heteroatoms. The van der Waals surface area contributed by atoms with Gasteiger partial charge in [0.15, 0.2) is 5.78 Å². The number of ether oxygens (including phenoxy) is 1. The normalized spacial score (nSPS) is 10.7. The second-order valence-corrected chi connectivity index (χ2v) is 5.10. The number of benzene rings is 2. The Morgan fingerprint density at radius 2 is 1.70 bits per heavy atom. The molecule has 3 rings (SSSR count). The van der Waals surface area contributed by atoms with Crippen LogP contribution in [0.25, 0.3) is 11.0 Å². The topological polar surface area (TPSA) is 92.0 Å². The van der Waals surface area contributed by atoms with E-state index < -0.39 is 5.97 Å². The number of aromatic nitrogens is 2. The monoisotopic (exact) mass is 310 g/mol. The van der Waals surface area contributed by atoms with Crippen LogP contribution in [0.15, 0.2) is 47.3 Å². The van der Waals surface area contributed by atoms with Gasteiger partial charge in [-0.1, -0.05) is 24.3 Å². The summed E-state index contributed by atoms with van der Waals surface area (Å²) in [7, 11) is 1.28. The van der Waals surface area contributed by atoms with E-state index in [4.69, 9.17) is 4.74 Å². The molecule has 0 aliphatic heterocycles. The molecule has 116 valence electrons. The minimum Gasteiger partial charge on any atom is -0.465 e.